The smallest absolute Gasteiger partial charge is 0.318 e. The van der Waals surface area contributed by atoms with E-state index < -0.39 is 21.9 Å². The molecule has 20 heavy (non-hydrogen) atoms. The van der Waals surface area contributed by atoms with Crippen LogP contribution in [0.1, 0.15) is 18.5 Å². The molecule has 7 nitrogen and oxygen atoms in total. The number of benzene rings is 1. The Morgan fingerprint density at radius 3 is 2.40 bits per heavy atom. The normalized spacial score (nSPS) is 13.9. The van der Waals surface area contributed by atoms with Crippen LogP contribution in [0.2, 0.25) is 0 Å². The molecular weight excluding hydrogens is 286 g/mol. The number of sulfone groups is 1. The first-order valence-corrected chi connectivity index (χ1v) is 7.83. The van der Waals surface area contributed by atoms with Crippen molar-refractivity contribution in [2.45, 2.75) is 18.9 Å². The lowest BCUT2D eigenvalue weighted by Crippen LogP contribution is -2.31. The first-order chi connectivity index (χ1) is 9.02. The molecular formula is C12H19NO6S. The van der Waals surface area contributed by atoms with Crippen molar-refractivity contribution < 1.29 is 28.1 Å². The van der Waals surface area contributed by atoms with Crippen LogP contribution >= 0.6 is 0 Å². The lowest BCUT2D eigenvalue weighted by atomic mass is 10.1. The van der Waals surface area contributed by atoms with Gasteiger partial charge in [-0.05, 0) is 17.7 Å². The number of methoxy groups -OCH3 is 1. The Bertz CT molecular complexity index is 564. The number of hydrogen-bond acceptors (Lipinski definition) is 7. The van der Waals surface area contributed by atoms with Crippen LogP contribution in [0.15, 0.2) is 18.2 Å². The summed E-state index contributed by atoms with van der Waals surface area (Å²) < 4.78 is 32.4. The van der Waals surface area contributed by atoms with Crippen LogP contribution in [0.3, 0.4) is 0 Å². The molecule has 0 aliphatic carbocycles. The highest BCUT2D eigenvalue weighted by Crippen LogP contribution is 2.31. The van der Waals surface area contributed by atoms with Crippen molar-refractivity contribution in [2.75, 3.05) is 19.1 Å². The summed E-state index contributed by atoms with van der Waals surface area (Å²) in [4.78, 5) is 0. The molecule has 0 bridgehead atoms. The molecule has 0 heterocycles. The molecule has 0 aliphatic heterocycles. The van der Waals surface area contributed by atoms with E-state index in [1.807, 2.05) is 0 Å². The van der Waals surface area contributed by atoms with Gasteiger partial charge in [0.1, 0.15) is 9.84 Å². The second kappa shape index (κ2) is 5.96. The van der Waals surface area contributed by atoms with Crippen molar-refractivity contribution in [1.82, 2.24) is 0 Å². The van der Waals surface area contributed by atoms with Gasteiger partial charge in [0.2, 0.25) is 0 Å². The Morgan fingerprint density at radius 2 is 1.95 bits per heavy atom. The van der Waals surface area contributed by atoms with Gasteiger partial charge in [0.05, 0.1) is 12.9 Å². The third-order valence-corrected chi connectivity index (χ3v) is 3.37. The summed E-state index contributed by atoms with van der Waals surface area (Å²) in [7, 11) is -1.84. The van der Waals surface area contributed by atoms with Gasteiger partial charge in [0, 0.05) is 19.2 Å². The van der Waals surface area contributed by atoms with Gasteiger partial charge in [-0.25, -0.2) is 8.42 Å². The van der Waals surface area contributed by atoms with Gasteiger partial charge in [-0.2, -0.15) is 0 Å². The largest absolute Gasteiger partial charge is 0.493 e. The molecule has 8 heteroatoms. The molecule has 114 valence electrons. The zero-order valence-electron chi connectivity index (χ0n) is 11.5. The summed E-state index contributed by atoms with van der Waals surface area (Å²) in [5.41, 5.74) is 6.29. The highest BCUT2D eigenvalue weighted by molar-refractivity contribution is 7.90. The molecule has 4 N–H and O–H groups in total. The molecule has 1 aromatic rings. The Balaban J connectivity index is 3.09. The van der Waals surface area contributed by atoms with Crippen LogP contribution in [-0.4, -0.2) is 43.7 Å². The predicted molar refractivity (Wildman–Crippen MR) is 73.1 cm³/mol. The minimum atomic E-state index is -3.23. The van der Waals surface area contributed by atoms with Gasteiger partial charge in [-0.1, -0.05) is 6.07 Å². The summed E-state index contributed by atoms with van der Waals surface area (Å²) in [6.45, 7) is 1.04. The number of hydrogen-bond donors (Lipinski definition) is 3. The van der Waals surface area contributed by atoms with E-state index in [-0.39, 0.29) is 17.3 Å². The van der Waals surface area contributed by atoms with Crippen LogP contribution < -0.4 is 15.2 Å². The SMILES string of the molecule is COc1ccc(C(N)CS(C)(=O)=O)cc1OC(C)(O)O. The molecule has 0 spiro atoms. The van der Waals surface area contributed by atoms with Crippen molar-refractivity contribution in [3.8, 4) is 11.5 Å². The van der Waals surface area contributed by atoms with E-state index >= 15 is 0 Å². The van der Waals surface area contributed by atoms with Crippen LogP contribution in [0.5, 0.6) is 11.5 Å². The molecule has 0 aliphatic rings. The summed E-state index contributed by atoms with van der Waals surface area (Å²) in [5.74, 6) is -2.28. The minimum Gasteiger partial charge on any atom is -0.493 e. The summed E-state index contributed by atoms with van der Waals surface area (Å²) in [6, 6.07) is 3.77. The van der Waals surface area contributed by atoms with Crippen LogP contribution in [-0.2, 0) is 9.84 Å². The quantitative estimate of drug-likeness (QED) is 0.621. The van der Waals surface area contributed by atoms with E-state index in [4.69, 9.17) is 15.2 Å². The van der Waals surface area contributed by atoms with Crippen molar-refractivity contribution in [2.24, 2.45) is 5.73 Å². The molecule has 0 saturated heterocycles. The van der Waals surface area contributed by atoms with Crippen LogP contribution in [0.4, 0.5) is 0 Å². The average Bonchev–Trinajstić information content (AvgIpc) is 2.24. The van der Waals surface area contributed by atoms with E-state index in [1.165, 1.54) is 19.2 Å². The molecule has 0 amide bonds. The number of ether oxygens (including phenoxy) is 2. The van der Waals surface area contributed by atoms with Crippen molar-refractivity contribution in [3.05, 3.63) is 23.8 Å². The zero-order chi connectivity index (χ0) is 15.6. The second-order valence-corrected chi connectivity index (χ2v) is 6.83. The summed E-state index contributed by atoms with van der Waals surface area (Å²) in [5, 5.41) is 18.5. The number of aliphatic hydroxyl groups is 2. The standard InChI is InChI=1S/C12H19NO6S/c1-12(14,15)19-11-6-8(4-5-10(11)18-2)9(13)7-20(3,16)17/h4-6,9,14-15H,7,13H2,1-3H3. The van der Waals surface area contributed by atoms with Gasteiger partial charge in [-0.15, -0.1) is 0 Å². The molecule has 0 radical (unpaired) electrons. The van der Waals surface area contributed by atoms with E-state index in [1.54, 1.807) is 6.07 Å². The average molecular weight is 305 g/mol. The first kappa shape index (κ1) is 16.7. The van der Waals surface area contributed by atoms with Gasteiger partial charge >= 0.3 is 5.97 Å². The minimum absolute atomic E-state index is 0.0569. The molecule has 1 atom stereocenters. The maximum atomic E-state index is 11.2. The zero-order valence-corrected chi connectivity index (χ0v) is 12.3. The number of rotatable bonds is 6. The fraction of sp³-hybridized carbons (Fsp3) is 0.500. The third kappa shape index (κ3) is 5.33. The van der Waals surface area contributed by atoms with E-state index in [0.717, 1.165) is 13.2 Å². The molecule has 0 fully saturated rings. The van der Waals surface area contributed by atoms with Gasteiger partial charge in [0.25, 0.3) is 0 Å². The van der Waals surface area contributed by atoms with E-state index in [2.05, 4.69) is 0 Å². The van der Waals surface area contributed by atoms with Gasteiger partial charge in [0.15, 0.2) is 11.5 Å². The highest BCUT2D eigenvalue weighted by Gasteiger charge is 2.21. The molecule has 0 aromatic heterocycles. The summed E-state index contributed by atoms with van der Waals surface area (Å²) in [6.07, 6.45) is 1.09. The maximum Gasteiger partial charge on any atom is 0.318 e. The molecule has 0 saturated carbocycles. The fourth-order valence-electron chi connectivity index (χ4n) is 1.63. The maximum absolute atomic E-state index is 11.2. The van der Waals surface area contributed by atoms with E-state index in [0.29, 0.717) is 5.56 Å². The first-order valence-electron chi connectivity index (χ1n) is 5.77. The molecule has 1 aromatic carbocycles. The van der Waals surface area contributed by atoms with Crippen molar-refractivity contribution in [3.63, 3.8) is 0 Å². The lowest BCUT2D eigenvalue weighted by molar-refractivity contribution is -0.278. The third-order valence-electron chi connectivity index (χ3n) is 2.40. The molecule has 1 rings (SSSR count). The molecule has 1 unspecified atom stereocenters. The Kier molecular flexibility index (Phi) is 4.98. The fourth-order valence-corrected chi connectivity index (χ4v) is 2.48. The number of nitrogens with two attached hydrogens (primary N) is 1. The van der Waals surface area contributed by atoms with Crippen LogP contribution in [0, 0.1) is 0 Å². The topological polar surface area (TPSA) is 119 Å². The Morgan fingerprint density at radius 1 is 1.35 bits per heavy atom. The predicted octanol–water partition coefficient (Wildman–Crippen LogP) is -0.223. The van der Waals surface area contributed by atoms with Crippen LogP contribution in [0.25, 0.3) is 0 Å². The van der Waals surface area contributed by atoms with Crippen molar-refractivity contribution >= 4 is 9.84 Å². The highest BCUT2D eigenvalue weighted by atomic mass is 32.2. The van der Waals surface area contributed by atoms with Crippen molar-refractivity contribution in [1.29, 1.82) is 0 Å². The summed E-state index contributed by atoms with van der Waals surface area (Å²) >= 11 is 0. The lowest BCUT2D eigenvalue weighted by Gasteiger charge is -2.21. The Labute approximate surface area is 117 Å². The van der Waals surface area contributed by atoms with Gasteiger partial charge < -0.3 is 25.4 Å². The second-order valence-electron chi connectivity index (χ2n) is 4.65. The van der Waals surface area contributed by atoms with Gasteiger partial charge in [-0.3, -0.25) is 0 Å². The Hall–Kier alpha value is -1.35. The monoisotopic (exact) mass is 305 g/mol. The van der Waals surface area contributed by atoms with E-state index in [9.17, 15) is 18.6 Å².